The van der Waals surface area contributed by atoms with E-state index < -0.39 is 0 Å². The lowest BCUT2D eigenvalue weighted by atomic mass is 10.0. The van der Waals surface area contributed by atoms with Crippen molar-refractivity contribution < 1.29 is 4.74 Å². The van der Waals surface area contributed by atoms with E-state index in [4.69, 9.17) is 4.74 Å². The first-order valence-corrected chi connectivity index (χ1v) is 10.2. The van der Waals surface area contributed by atoms with Gasteiger partial charge < -0.3 is 10.1 Å². The number of nitrogens with one attached hydrogen (secondary N) is 1. The largest absolute Gasteiger partial charge is 0.500 e. The standard InChI is InChI=1S/C18H22N4O2S.C2H6/c1-5-13(24-4)10-19-14-6-7-15-20-17-16(18(23)22(15)21-14)12(3)11(2)8-9-25-17;1-2/h5-7H,8-10H2,1-4H3,(H,19,21);1-2H3/b13-5-;. The lowest BCUT2D eigenvalue weighted by Crippen LogP contribution is -2.23. The molecule has 2 aromatic heterocycles. The van der Waals surface area contributed by atoms with Crippen molar-refractivity contribution >= 4 is 28.8 Å². The summed E-state index contributed by atoms with van der Waals surface area (Å²) in [5.74, 6) is 2.35. The van der Waals surface area contributed by atoms with Gasteiger partial charge in [0.1, 0.15) is 16.6 Å². The fourth-order valence-electron chi connectivity index (χ4n) is 2.70. The Kier molecular flexibility index (Phi) is 7.47. The van der Waals surface area contributed by atoms with E-state index in [-0.39, 0.29) is 5.56 Å². The van der Waals surface area contributed by atoms with Gasteiger partial charge in [0.15, 0.2) is 5.65 Å². The normalized spacial score (nSPS) is 14.2. The van der Waals surface area contributed by atoms with Gasteiger partial charge in [-0.1, -0.05) is 19.4 Å². The Morgan fingerprint density at radius 1 is 1.37 bits per heavy atom. The van der Waals surface area contributed by atoms with Gasteiger partial charge >= 0.3 is 0 Å². The number of hydrogen-bond donors (Lipinski definition) is 1. The summed E-state index contributed by atoms with van der Waals surface area (Å²) in [5, 5.41) is 8.40. The van der Waals surface area contributed by atoms with Gasteiger partial charge in [0.2, 0.25) is 0 Å². The Hall–Kier alpha value is -2.28. The monoisotopic (exact) mass is 388 g/mol. The van der Waals surface area contributed by atoms with E-state index in [1.807, 2.05) is 45.9 Å². The molecule has 1 N–H and O–H groups in total. The maximum atomic E-state index is 13.0. The number of anilines is 1. The molecule has 0 unspecified atom stereocenters. The number of methoxy groups -OCH3 is 1. The quantitative estimate of drug-likeness (QED) is 0.620. The first-order valence-electron chi connectivity index (χ1n) is 9.21. The molecule has 1 aliphatic rings. The Morgan fingerprint density at radius 2 is 2.11 bits per heavy atom. The van der Waals surface area contributed by atoms with Crippen LogP contribution in [0, 0.1) is 0 Å². The highest BCUT2D eigenvalue weighted by Gasteiger charge is 2.20. The summed E-state index contributed by atoms with van der Waals surface area (Å²) in [5.41, 5.74) is 3.37. The molecule has 0 saturated heterocycles. The zero-order valence-electron chi connectivity index (χ0n) is 16.9. The molecule has 27 heavy (non-hydrogen) atoms. The van der Waals surface area contributed by atoms with Crippen molar-refractivity contribution in [2.24, 2.45) is 0 Å². The Bertz CT molecular complexity index is 931. The third-order valence-electron chi connectivity index (χ3n) is 4.41. The lowest BCUT2D eigenvalue weighted by Gasteiger charge is -2.11. The lowest BCUT2D eigenvalue weighted by molar-refractivity contribution is 0.289. The SMILES string of the molecule is C/C=C(/CNc1ccc2nc3c(c(=O)n2n1)C(C)=C(C)CCS3)OC.CC. The van der Waals surface area contributed by atoms with Crippen LogP contribution in [0.25, 0.3) is 11.2 Å². The molecule has 1 aliphatic heterocycles. The first-order chi connectivity index (χ1) is 13.0. The van der Waals surface area contributed by atoms with Crippen LogP contribution in [0.5, 0.6) is 0 Å². The molecule has 0 atom stereocenters. The molecule has 0 aromatic carbocycles. The van der Waals surface area contributed by atoms with Crippen LogP contribution in [-0.2, 0) is 4.74 Å². The van der Waals surface area contributed by atoms with E-state index >= 15 is 0 Å². The summed E-state index contributed by atoms with van der Waals surface area (Å²) in [4.78, 5) is 17.7. The Labute approximate surface area is 164 Å². The third-order valence-corrected chi connectivity index (χ3v) is 5.39. The zero-order chi connectivity index (χ0) is 20.0. The molecule has 0 bridgehead atoms. The van der Waals surface area contributed by atoms with Crippen LogP contribution in [0.4, 0.5) is 5.82 Å². The number of aromatic nitrogens is 3. The highest BCUT2D eigenvalue weighted by molar-refractivity contribution is 7.99. The molecule has 3 heterocycles. The van der Waals surface area contributed by atoms with Gasteiger partial charge in [-0.3, -0.25) is 4.79 Å². The Morgan fingerprint density at radius 3 is 2.78 bits per heavy atom. The molecule has 0 amide bonds. The topological polar surface area (TPSA) is 68.5 Å². The van der Waals surface area contributed by atoms with Gasteiger partial charge in [0, 0.05) is 5.75 Å². The molecule has 0 spiro atoms. The third kappa shape index (κ3) is 4.53. The van der Waals surface area contributed by atoms with E-state index in [1.54, 1.807) is 18.9 Å². The van der Waals surface area contributed by atoms with Crippen LogP contribution in [0.3, 0.4) is 0 Å². The minimum atomic E-state index is -0.118. The van der Waals surface area contributed by atoms with Gasteiger partial charge in [-0.25, -0.2) is 4.98 Å². The average molecular weight is 389 g/mol. The van der Waals surface area contributed by atoms with Crippen LogP contribution in [0.15, 0.2) is 39.4 Å². The van der Waals surface area contributed by atoms with Crippen LogP contribution in [-0.4, -0.2) is 34.0 Å². The van der Waals surface area contributed by atoms with Crippen LogP contribution < -0.4 is 10.9 Å². The molecule has 6 nitrogen and oxygen atoms in total. The number of rotatable bonds is 4. The maximum Gasteiger partial charge on any atom is 0.283 e. The van der Waals surface area contributed by atoms with Gasteiger partial charge in [-0.15, -0.1) is 16.9 Å². The smallest absolute Gasteiger partial charge is 0.283 e. The predicted molar refractivity (Wildman–Crippen MR) is 113 cm³/mol. The zero-order valence-corrected chi connectivity index (χ0v) is 17.7. The second kappa shape index (κ2) is 9.60. The number of allylic oxidation sites excluding steroid dienone is 3. The van der Waals surface area contributed by atoms with Crippen molar-refractivity contribution in [3.8, 4) is 0 Å². The fraction of sp³-hybridized carbons (Fsp3) is 0.450. The van der Waals surface area contributed by atoms with E-state index in [2.05, 4.69) is 22.3 Å². The number of fused-ring (bicyclic) bond motifs is 2. The molecule has 3 rings (SSSR count). The molecule has 0 saturated carbocycles. The van der Waals surface area contributed by atoms with Crippen molar-refractivity contribution in [1.82, 2.24) is 14.6 Å². The summed E-state index contributed by atoms with van der Waals surface area (Å²) < 4.78 is 6.61. The van der Waals surface area contributed by atoms with E-state index in [0.29, 0.717) is 23.6 Å². The molecular formula is C20H28N4O2S. The maximum absolute atomic E-state index is 13.0. The van der Waals surface area contributed by atoms with E-state index in [0.717, 1.165) is 28.5 Å². The fourth-order valence-corrected chi connectivity index (χ4v) is 3.84. The average Bonchev–Trinajstić information content (AvgIpc) is 2.83. The van der Waals surface area contributed by atoms with Crippen molar-refractivity contribution in [1.29, 1.82) is 0 Å². The summed E-state index contributed by atoms with van der Waals surface area (Å²) in [6.07, 6.45) is 2.85. The summed E-state index contributed by atoms with van der Waals surface area (Å²) in [6, 6.07) is 3.64. The van der Waals surface area contributed by atoms with Gasteiger partial charge in [0.25, 0.3) is 5.56 Å². The summed E-state index contributed by atoms with van der Waals surface area (Å²) in [7, 11) is 1.63. The number of hydrogen-bond acceptors (Lipinski definition) is 6. The molecule has 0 radical (unpaired) electrons. The number of ether oxygens (including phenoxy) is 1. The number of nitrogens with zero attached hydrogens (tertiary/aromatic N) is 3. The second-order valence-corrected chi connectivity index (χ2v) is 6.99. The highest BCUT2D eigenvalue weighted by atomic mass is 32.2. The summed E-state index contributed by atoms with van der Waals surface area (Å²) >= 11 is 1.64. The molecular weight excluding hydrogens is 360 g/mol. The molecule has 146 valence electrons. The first kappa shape index (κ1) is 21.0. The van der Waals surface area contributed by atoms with E-state index in [1.165, 1.54) is 10.1 Å². The minimum absolute atomic E-state index is 0.118. The number of thioether (sulfide) groups is 1. The van der Waals surface area contributed by atoms with E-state index in [9.17, 15) is 4.79 Å². The van der Waals surface area contributed by atoms with Gasteiger partial charge in [-0.2, -0.15) is 4.52 Å². The molecule has 2 aromatic rings. The summed E-state index contributed by atoms with van der Waals surface area (Å²) in [6.45, 7) is 10.5. The van der Waals surface area contributed by atoms with Crippen molar-refractivity contribution in [3.05, 3.63) is 45.5 Å². The van der Waals surface area contributed by atoms with Crippen LogP contribution in [0.1, 0.15) is 46.6 Å². The van der Waals surface area contributed by atoms with Crippen LogP contribution >= 0.6 is 11.8 Å². The Balaban J connectivity index is 0.00000126. The van der Waals surface area contributed by atoms with Gasteiger partial charge in [0.05, 0.1) is 19.2 Å². The minimum Gasteiger partial charge on any atom is -0.500 e. The molecule has 0 fully saturated rings. The van der Waals surface area contributed by atoms with Crippen molar-refractivity contribution in [2.45, 2.75) is 46.1 Å². The molecule has 0 aliphatic carbocycles. The van der Waals surface area contributed by atoms with Crippen molar-refractivity contribution in [3.63, 3.8) is 0 Å². The van der Waals surface area contributed by atoms with Gasteiger partial charge in [-0.05, 0) is 51.0 Å². The second-order valence-electron chi connectivity index (χ2n) is 5.90. The predicted octanol–water partition coefficient (Wildman–Crippen LogP) is 4.37. The van der Waals surface area contributed by atoms with Crippen LogP contribution in [0.2, 0.25) is 0 Å². The van der Waals surface area contributed by atoms with Crippen molar-refractivity contribution in [2.75, 3.05) is 24.7 Å². The highest BCUT2D eigenvalue weighted by Crippen LogP contribution is 2.32. The molecule has 7 heteroatoms.